The number of hydrogen-bond donors (Lipinski definition) is 1. The summed E-state index contributed by atoms with van der Waals surface area (Å²) in [5.41, 5.74) is 7.66. The van der Waals surface area contributed by atoms with Gasteiger partial charge in [-0.3, -0.25) is 4.79 Å². The quantitative estimate of drug-likeness (QED) is 0.584. The Kier molecular flexibility index (Phi) is 1.33. The lowest BCUT2D eigenvalue weighted by Crippen LogP contribution is -2.01. The van der Waals surface area contributed by atoms with Crippen LogP contribution in [-0.4, -0.2) is 12.4 Å². The Bertz CT molecular complexity index is 358. The van der Waals surface area contributed by atoms with Crippen LogP contribution < -0.4 is 10.5 Å². The van der Waals surface area contributed by atoms with Gasteiger partial charge in [-0.25, -0.2) is 0 Å². The van der Waals surface area contributed by atoms with E-state index in [1.807, 2.05) is 13.0 Å². The molecule has 2 rings (SSSR count). The van der Waals surface area contributed by atoms with Gasteiger partial charge in [-0.1, -0.05) is 6.07 Å². The maximum Gasteiger partial charge on any atom is 0.206 e. The van der Waals surface area contributed by atoms with Gasteiger partial charge >= 0.3 is 0 Å². The van der Waals surface area contributed by atoms with Crippen LogP contribution in [0, 0.1) is 6.92 Å². The molecule has 1 aromatic rings. The highest BCUT2D eigenvalue weighted by molar-refractivity contribution is 6.06. The molecule has 0 aliphatic carbocycles. The van der Waals surface area contributed by atoms with Crippen molar-refractivity contribution in [1.29, 1.82) is 0 Å². The fourth-order valence-electron chi connectivity index (χ4n) is 1.39. The minimum atomic E-state index is -0.0220. The molecule has 0 saturated carbocycles. The number of anilines is 1. The van der Waals surface area contributed by atoms with Crippen LogP contribution in [0.25, 0.3) is 0 Å². The number of fused-ring (bicyclic) bond motifs is 1. The summed E-state index contributed by atoms with van der Waals surface area (Å²) in [4.78, 5) is 11.2. The van der Waals surface area contributed by atoms with Crippen molar-refractivity contribution in [3.8, 4) is 5.75 Å². The van der Waals surface area contributed by atoms with Gasteiger partial charge in [0.2, 0.25) is 5.78 Å². The molecule has 0 amide bonds. The summed E-state index contributed by atoms with van der Waals surface area (Å²) in [6.07, 6.45) is 0. The van der Waals surface area contributed by atoms with Crippen molar-refractivity contribution in [3.63, 3.8) is 0 Å². The summed E-state index contributed by atoms with van der Waals surface area (Å²) in [7, 11) is 0. The van der Waals surface area contributed by atoms with E-state index in [2.05, 4.69) is 0 Å². The monoisotopic (exact) mass is 163 g/mol. The van der Waals surface area contributed by atoms with Crippen LogP contribution in [0.15, 0.2) is 12.1 Å². The summed E-state index contributed by atoms with van der Waals surface area (Å²) < 4.78 is 5.19. The van der Waals surface area contributed by atoms with Crippen LogP contribution in [0.5, 0.6) is 5.75 Å². The van der Waals surface area contributed by atoms with E-state index in [1.165, 1.54) is 0 Å². The number of Topliss-reactive ketones (excluding diaryl/α,β-unsaturated/α-hetero) is 1. The molecule has 0 fully saturated rings. The van der Waals surface area contributed by atoms with Crippen molar-refractivity contribution < 1.29 is 9.53 Å². The maximum absolute atomic E-state index is 11.2. The zero-order chi connectivity index (χ0) is 8.72. The number of hydrogen-bond acceptors (Lipinski definition) is 3. The summed E-state index contributed by atoms with van der Waals surface area (Å²) in [5, 5.41) is 0. The molecule has 0 spiro atoms. The Morgan fingerprint density at radius 2 is 2.25 bits per heavy atom. The number of carbonyl (C=O) groups excluding carboxylic acids is 1. The zero-order valence-electron chi connectivity index (χ0n) is 6.76. The predicted molar refractivity (Wildman–Crippen MR) is 45.4 cm³/mol. The molecular formula is C9H9NO2. The van der Waals surface area contributed by atoms with E-state index in [9.17, 15) is 4.79 Å². The maximum atomic E-state index is 11.2. The number of carbonyl (C=O) groups is 1. The van der Waals surface area contributed by atoms with Crippen molar-refractivity contribution in [2.45, 2.75) is 6.92 Å². The third-order valence-electron chi connectivity index (χ3n) is 2.01. The molecule has 1 aliphatic heterocycles. The van der Waals surface area contributed by atoms with Crippen LogP contribution in [0.3, 0.4) is 0 Å². The van der Waals surface area contributed by atoms with Gasteiger partial charge in [0, 0.05) is 5.69 Å². The second-order valence-corrected chi connectivity index (χ2v) is 2.89. The van der Waals surface area contributed by atoms with Crippen molar-refractivity contribution in [2.24, 2.45) is 0 Å². The molecule has 1 aromatic carbocycles. The van der Waals surface area contributed by atoms with Crippen molar-refractivity contribution in [3.05, 3.63) is 23.3 Å². The Morgan fingerprint density at radius 1 is 1.50 bits per heavy atom. The minimum Gasteiger partial charge on any atom is -0.484 e. The highest BCUT2D eigenvalue weighted by atomic mass is 16.5. The van der Waals surface area contributed by atoms with E-state index >= 15 is 0 Å². The van der Waals surface area contributed by atoms with E-state index in [-0.39, 0.29) is 12.4 Å². The number of nitrogen functional groups attached to an aromatic ring is 1. The summed E-state index contributed by atoms with van der Waals surface area (Å²) >= 11 is 0. The van der Waals surface area contributed by atoms with Crippen LogP contribution >= 0.6 is 0 Å². The summed E-state index contributed by atoms with van der Waals surface area (Å²) in [6, 6.07) is 3.59. The number of aryl methyl sites for hydroxylation is 1. The Labute approximate surface area is 70.1 Å². The molecule has 3 heteroatoms. The number of ether oxygens (including phenoxy) is 1. The highest BCUT2D eigenvalue weighted by Crippen LogP contribution is 2.33. The SMILES string of the molecule is Cc1ccc(N)c2c1OCC2=O. The third-order valence-corrected chi connectivity index (χ3v) is 2.01. The molecule has 62 valence electrons. The van der Waals surface area contributed by atoms with Crippen LogP contribution in [0.1, 0.15) is 15.9 Å². The molecule has 2 N–H and O–H groups in total. The first-order valence-electron chi connectivity index (χ1n) is 3.75. The number of rotatable bonds is 0. The molecule has 0 saturated heterocycles. The fraction of sp³-hybridized carbons (Fsp3) is 0.222. The zero-order valence-corrected chi connectivity index (χ0v) is 6.76. The van der Waals surface area contributed by atoms with Crippen molar-refractivity contribution >= 4 is 11.5 Å². The third kappa shape index (κ3) is 0.794. The molecule has 0 unspecified atom stereocenters. The lowest BCUT2D eigenvalue weighted by Gasteiger charge is -2.03. The number of nitrogens with two attached hydrogens (primary N) is 1. The van der Waals surface area contributed by atoms with Gasteiger partial charge in [-0.15, -0.1) is 0 Å². The predicted octanol–water partition coefficient (Wildman–Crippen LogP) is 1.15. The lowest BCUT2D eigenvalue weighted by molar-refractivity contribution is 0.0961. The Morgan fingerprint density at radius 3 is 2.92 bits per heavy atom. The number of benzene rings is 1. The van der Waals surface area contributed by atoms with Gasteiger partial charge in [0.1, 0.15) is 5.75 Å². The van der Waals surface area contributed by atoms with Crippen molar-refractivity contribution in [2.75, 3.05) is 12.3 Å². The molecule has 1 heterocycles. The van der Waals surface area contributed by atoms with Crippen LogP contribution in [-0.2, 0) is 0 Å². The topological polar surface area (TPSA) is 52.3 Å². The van der Waals surface area contributed by atoms with Gasteiger partial charge in [-0.05, 0) is 18.6 Å². The molecular weight excluding hydrogens is 154 g/mol. The normalized spacial score (nSPS) is 14.2. The van der Waals surface area contributed by atoms with E-state index in [4.69, 9.17) is 10.5 Å². The van der Waals surface area contributed by atoms with Crippen molar-refractivity contribution in [1.82, 2.24) is 0 Å². The fourth-order valence-corrected chi connectivity index (χ4v) is 1.39. The molecule has 1 aliphatic rings. The standard InChI is InChI=1S/C9H9NO2/c1-5-2-3-6(10)8-7(11)4-12-9(5)8/h2-3H,4,10H2,1H3. The van der Waals surface area contributed by atoms with Gasteiger partial charge < -0.3 is 10.5 Å². The smallest absolute Gasteiger partial charge is 0.206 e. The van der Waals surface area contributed by atoms with Gasteiger partial charge in [-0.2, -0.15) is 0 Å². The van der Waals surface area contributed by atoms with Crippen LogP contribution in [0.4, 0.5) is 5.69 Å². The van der Waals surface area contributed by atoms with Gasteiger partial charge in [0.15, 0.2) is 6.61 Å². The first kappa shape index (κ1) is 7.16. The number of ketones is 1. The largest absolute Gasteiger partial charge is 0.484 e. The van der Waals surface area contributed by atoms with E-state index in [1.54, 1.807) is 6.07 Å². The lowest BCUT2D eigenvalue weighted by atomic mass is 10.1. The molecule has 0 atom stereocenters. The van der Waals surface area contributed by atoms with E-state index in [0.717, 1.165) is 5.56 Å². The van der Waals surface area contributed by atoms with Gasteiger partial charge in [0.05, 0.1) is 5.56 Å². The Hall–Kier alpha value is -1.51. The molecule has 3 nitrogen and oxygen atoms in total. The van der Waals surface area contributed by atoms with Crippen LogP contribution in [0.2, 0.25) is 0 Å². The molecule has 0 bridgehead atoms. The van der Waals surface area contributed by atoms with Gasteiger partial charge in [0.25, 0.3) is 0 Å². The van der Waals surface area contributed by atoms with E-state index < -0.39 is 0 Å². The average Bonchev–Trinajstić information content (AvgIpc) is 2.42. The highest BCUT2D eigenvalue weighted by Gasteiger charge is 2.24. The second-order valence-electron chi connectivity index (χ2n) is 2.89. The van der Waals surface area contributed by atoms with E-state index in [0.29, 0.717) is 17.0 Å². The first-order chi connectivity index (χ1) is 5.70. The molecule has 0 radical (unpaired) electrons. The molecule has 12 heavy (non-hydrogen) atoms. The summed E-state index contributed by atoms with van der Waals surface area (Å²) in [6.45, 7) is 2.03. The first-order valence-corrected chi connectivity index (χ1v) is 3.75. The minimum absolute atomic E-state index is 0.0220. The second kappa shape index (κ2) is 2.24. The average molecular weight is 163 g/mol. The Balaban J connectivity index is 2.72. The summed E-state index contributed by atoms with van der Waals surface area (Å²) in [5.74, 6) is 0.631. The molecule has 0 aromatic heterocycles.